The first-order chi connectivity index (χ1) is 8.79. The highest BCUT2D eigenvalue weighted by molar-refractivity contribution is 9.10. The molecule has 2 N–H and O–H groups in total. The Kier molecular flexibility index (Phi) is 4.93. The van der Waals surface area contributed by atoms with Crippen LogP contribution in [0.3, 0.4) is 0 Å². The number of benzene rings is 2. The SMILES string of the molecule is NCC(OCc1ccc(Br)cc1)c1ccccc1. The Morgan fingerprint density at radius 3 is 2.28 bits per heavy atom. The van der Waals surface area contributed by atoms with Crippen molar-refractivity contribution < 1.29 is 4.74 Å². The van der Waals surface area contributed by atoms with Crippen molar-refractivity contribution in [1.29, 1.82) is 0 Å². The molecule has 0 aliphatic heterocycles. The van der Waals surface area contributed by atoms with Crippen molar-refractivity contribution in [2.45, 2.75) is 12.7 Å². The molecule has 2 aromatic carbocycles. The van der Waals surface area contributed by atoms with E-state index in [1.54, 1.807) is 0 Å². The summed E-state index contributed by atoms with van der Waals surface area (Å²) in [5, 5.41) is 0. The van der Waals surface area contributed by atoms with E-state index in [1.165, 1.54) is 0 Å². The van der Waals surface area contributed by atoms with E-state index in [0.717, 1.165) is 15.6 Å². The maximum Gasteiger partial charge on any atom is 0.0951 e. The lowest BCUT2D eigenvalue weighted by Gasteiger charge is -2.16. The average molecular weight is 306 g/mol. The summed E-state index contributed by atoms with van der Waals surface area (Å²) in [7, 11) is 0. The first-order valence-electron chi connectivity index (χ1n) is 5.90. The number of nitrogens with two attached hydrogens (primary N) is 1. The number of hydrogen-bond donors (Lipinski definition) is 1. The molecule has 0 amide bonds. The van der Waals surface area contributed by atoms with E-state index in [9.17, 15) is 0 Å². The van der Waals surface area contributed by atoms with Crippen LogP contribution in [0.25, 0.3) is 0 Å². The summed E-state index contributed by atoms with van der Waals surface area (Å²) < 4.78 is 6.94. The van der Waals surface area contributed by atoms with Gasteiger partial charge in [-0.1, -0.05) is 58.4 Å². The maximum absolute atomic E-state index is 5.86. The van der Waals surface area contributed by atoms with Crippen LogP contribution in [0.15, 0.2) is 59.1 Å². The van der Waals surface area contributed by atoms with Gasteiger partial charge in [0.05, 0.1) is 12.7 Å². The van der Waals surface area contributed by atoms with Gasteiger partial charge in [-0.3, -0.25) is 0 Å². The zero-order valence-corrected chi connectivity index (χ0v) is 11.6. The van der Waals surface area contributed by atoms with E-state index in [0.29, 0.717) is 13.2 Å². The van der Waals surface area contributed by atoms with Crippen LogP contribution in [0.4, 0.5) is 0 Å². The van der Waals surface area contributed by atoms with Gasteiger partial charge in [-0.25, -0.2) is 0 Å². The van der Waals surface area contributed by atoms with Crippen LogP contribution in [-0.2, 0) is 11.3 Å². The van der Waals surface area contributed by atoms with E-state index in [-0.39, 0.29) is 6.10 Å². The second kappa shape index (κ2) is 6.69. The van der Waals surface area contributed by atoms with Crippen molar-refractivity contribution in [1.82, 2.24) is 0 Å². The van der Waals surface area contributed by atoms with Gasteiger partial charge in [-0.15, -0.1) is 0 Å². The largest absolute Gasteiger partial charge is 0.368 e. The van der Waals surface area contributed by atoms with Crippen LogP contribution in [0, 0.1) is 0 Å². The average Bonchev–Trinajstić information content (AvgIpc) is 2.43. The van der Waals surface area contributed by atoms with Gasteiger partial charge in [0, 0.05) is 11.0 Å². The van der Waals surface area contributed by atoms with E-state index < -0.39 is 0 Å². The molecule has 0 heterocycles. The molecule has 0 saturated carbocycles. The molecule has 0 aliphatic rings. The molecule has 1 atom stereocenters. The smallest absolute Gasteiger partial charge is 0.0951 e. The minimum atomic E-state index is -0.0464. The van der Waals surface area contributed by atoms with Crippen molar-refractivity contribution in [2.75, 3.05) is 6.54 Å². The van der Waals surface area contributed by atoms with Gasteiger partial charge < -0.3 is 10.5 Å². The van der Waals surface area contributed by atoms with E-state index in [4.69, 9.17) is 10.5 Å². The third kappa shape index (κ3) is 3.67. The quantitative estimate of drug-likeness (QED) is 0.915. The highest BCUT2D eigenvalue weighted by Gasteiger charge is 2.09. The summed E-state index contributed by atoms with van der Waals surface area (Å²) in [5.41, 5.74) is 8.03. The van der Waals surface area contributed by atoms with Gasteiger partial charge in [0.15, 0.2) is 0 Å². The lowest BCUT2D eigenvalue weighted by atomic mass is 10.1. The topological polar surface area (TPSA) is 35.2 Å². The van der Waals surface area contributed by atoms with Gasteiger partial charge >= 0.3 is 0 Å². The molecule has 3 heteroatoms. The van der Waals surface area contributed by atoms with E-state index in [2.05, 4.69) is 15.9 Å². The summed E-state index contributed by atoms with van der Waals surface area (Å²) in [6.45, 7) is 1.06. The fourth-order valence-electron chi connectivity index (χ4n) is 1.75. The third-order valence-electron chi connectivity index (χ3n) is 2.75. The summed E-state index contributed by atoms with van der Waals surface area (Å²) in [6.07, 6.45) is -0.0464. The second-order valence-electron chi connectivity index (χ2n) is 4.07. The minimum Gasteiger partial charge on any atom is -0.368 e. The number of rotatable bonds is 5. The molecule has 2 rings (SSSR count). The number of hydrogen-bond acceptors (Lipinski definition) is 2. The highest BCUT2D eigenvalue weighted by Crippen LogP contribution is 2.18. The summed E-state index contributed by atoms with van der Waals surface area (Å²) in [6, 6.07) is 18.2. The fourth-order valence-corrected chi connectivity index (χ4v) is 2.01. The molecule has 0 aliphatic carbocycles. The first-order valence-corrected chi connectivity index (χ1v) is 6.70. The summed E-state index contributed by atoms with van der Waals surface area (Å²) >= 11 is 3.42. The van der Waals surface area contributed by atoms with Crippen LogP contribution in [-0.4, -0.2) is 6.54 Å². The predicted octanol–water partition coefficient (Wildman–Crippen LogP) is 3.67. The molecule has 2 aromatic rings. The summed E-state index contributed by atoms with van der Waals surface area (Å²) in [4.78, 5) is 0. The standard InChI is InChI=1S/C15H16BrNO/c16-14-8-6-12(7-9-14)11-18-15(10-17)13-4-2-1-3-5-13/h1-9,15H,10-11,17H2. The Morgan fingerprint density at radius 2 is 1.67 bits per heavy atom. The molecule has 1 unspecified atom stereocenters. The molecule has 2 nitrogen and oxygen atoms in total. The van der Waals surface area contributed by atoms with E-state index >= 15 is 0 Å². The van der Waals surface area contributed by atoms with Gasteiger partial charge in [0.2, 0.25) is 0 Å². The zero-order chi connectivity index (χ0) is 12.8. The Balaban J connectivity index is 1.97. The molecular weight excluding hydrogens is 290 g/mol. The number of halogens is 1. The van der Waals surface area contributed by atoms with Gasteiger partial charge in [-0.2, -0.15) is 0 Å². The zero-order valence-electron chi connectivity index (χ0n) is 10.1. The normalized spacial score (nSPS) is 12.3. The van der Waals surface area contributed by atoms with Crippen molar-refractivity contribution in [2.24, 2.45) is 5.73 Å². The molecule has 18 heavy (non-hydrogen) atoms. The van der Waals surface area contributed by atoms with Gasteiger partial charge in [-0.05, 0) is 23.3 Å². The predicted molar refractivity (Wildman–Crippen MR) is 77.2 cm³/mol. The summed E-state index contributed by atoms with van der Waals surface area (Å²) in [5.74, 6) is 0. The Morgan fingerprint density at radius 1 is 1.00 bits per heavy atom. The van der Waals surface area contributed by atoms with Crippen LogP contribution >= 0.6 is 15.9 Å². The molecule has 0 fully saturated rings. The monoisotopic (exact) mass is 305 g/mol. The molecule has 0 bridgehead atoms. The first kappa shape index (κ1) is 13.3. The van der Waals surface area contributed by atoms with Gasteiger partial charge in [0.1, 0.15) is 0 Å². The lowest BCUT2D eigenvalue weighted by Crippen LogP contribution is -2.15. The molecule has 0 radical (unpaired) electrons. The van der Waals surface area contributed by atoms with Crippen LogP contribution < -0.4 is 5.73 Å². The van der Waals surface area contributed by atoms with Crippen molar-refractivity contribution in [3.05, 3.63) is 70.2 Å². The Labute approximate surface area is 116 Å². The molecule has 0 saturated heterocycles. The third-order valence-corrected chi connectivity index (χ3v) is 3.28. The van der Waals surface area contributed by atoms with Crippen LogP contribution in [0.5, 0.6) is 0 Å². The van der Waals surface area contributed by atoms with Crippen molar-refractivity contribution in [3.8, 4) is 0 Å². The molecule has 94 valence electrons. The van der Waals surface area contributed by atoms with Crippen LogP contribution in [0.2, 0.25) is 0 Å². The fraction of sp³-hybridized carbons (Fsp3) is 0.200. The van der Waals surface area contributed by atoms with Crippen molar-refractivity contribution >= 4 is 15.9 Å². The molecule has 0 aromatic heterocycles. The number of ether oxygens (including phenoxy) is 1. The van der Waals surface area contributed by atoms with Gasteiger partial charge in [0.25, 0.3) is 0 Å². The lowest BCUT2D eigenvalue weighted by molar-refractivity contribution is 0.0456. The Hall–Kier alpha value is -1.16. The highest BCUT2D eigenvalue weighted by atomic mass is 79.9. The minimum absolute atomic E-state index is 0.0464. The Bertz CT molecular complexity index is 470. The second-order valence-corrected chi connectivity index (χ2v) is 4.99. The molecule has 0 spiro atoms. The van der Waals surface area contributed by atoms with Crippen molar-refractivity contribution in [3.63, 3.8) is 0 Å². The van der Waals surface area contributed by atoms with E-state index in [1.807, 2.05) is 54.6 Å². The van der Waals surface area contributed by atoms with Crippen LogP contribution in [0.1, 0.15) is 17.2 Å². The maximum atomic E-state index is 5.86. The molecular formula is C15H16BrNO.